The Morgan fingerprint density at radius 3 is 2.69 bits per heavy atom. The minimum Gasteiger partial charge on any atom is -0.462 e. The van der Waals surface area contributed by atoms with Gasteiger partial charge in [-0.15, -0.1) is 0 Å². The molecule has 86 valence electrons. The first-order chi connectivity index (χ1) is 7.78. The molecule has 4 nitrogen and oxygen atoms in total. The van der Waals surface area contributed by atoms with Crippen LogP contribution in [-0.2, 0) is 26.7 Å². The monoisotopic (exact) mass is 220 g/mol. The van der Waals surface area contributed by atoms with Crippen molar-refractivity contribution in [3.63, 3.8) is 0 Å². The molecule has 4 heteroatoms. The molecule has 0 amide bonds. The van der Waals surface area contributed by atoms with Crippen molar-refractivity contribution in [2.75, 3.05) is 0 Å². The molecule has 0 aliphatic heterocycles. The lowest BCUT2D eigenvalue weighted by Gasteiger charge is -2.00. The molecule has 0 aliphatic carbocycles. The zero-order chi connectivity index (χ0) is 11.4. The van der Waals surface area contributed by atoms with Crippen molar-refractivity contribution in [2.45, 2.75) is 19.7 Å². The van der Waals surface area contributed by atoms with Crippen LogP contribution in [0.4, 0.5) is 0 Å². The largest absolute Gasteiger partial charge is 0.462 e. The third-order valence-electron chi connectivity index (χ3n) is 2.39. The van der Waals surface area contributed by atoms with E-state index in [9.17, 15) is 0 Å². The molecule has 2 heterocycles. The minimum atomic E-state index is -0.0430. The molecule has 2 N–H and O–H groups in total. The van der Waals surface area contributed by atoms with Crippen LogP contribution in [-0.4, -0.2) is 9.67 Å². The summed E-state index contributed by atoms with van der Waals surface area (Å²) < 4.78 is 7.38. The molecule has 0 aromatic carbocycles. The Balaban J connectivity index is 1.79. The van der Waals surface area contributed by atoms with Crippen molar-refractivity contribution in [3.05, 3.63) is 47.7 Å². The number of rotatable bonds is 5. The fraction of sp³-hybridized carbons (Fsp3) is 0.333. The van der Waals surface area contributed by atoms with Crippen LogP contribution in [0.3, 0.4) is 0 Å². The molecule has 0 spiro atoms. The van der Waals surface area contributed by atoms with Gasteiger partial charge < -0.3 is 19.4 Å². The van der Waals surface area contributed by atoms with E-state index in [4.69, 9.17) is 9.52 Å². The van der Waals surface area contributed by atoms with Gasteiger partial charge in [-0.2, -0.15) is 0 Å². The number of furan rings is 1. The lowest BCUT2D eigenvalue weighted by atomic mass is 10.3. The second-order valence-electron chi connectivity index (χ2n) is 3.81. The average molecular weight is 220 g/mol. The third kappa shape index (κ3) is 2.74. The van der Waals surface area contributed by atoms with E-state index in [0.29, 0.717) is 12.3 Å². The van der Waals surface area contributed by atoms with Gasteiger partial charge in [0.2, 0.25) is 0 Å². The molecule has 0 fully saturated rings. The number of nitrogens with zero attached hydrogens (tertiary/aromatic N) is 1. The van der Waals surface area contributed by atoms with Crippen molar-refractivity contribution in [2.24, 2.45) is 7.05 Å². The summed E-state index contributed by atoms with van der Waals surface area (Å²) in [7, 11) is 2.00. The molecule has 0 bridgehead atoms. The van der Waals surface area contributed by atoms with Crippen molar-refractivity contribution in [1.29, 1.82) is 0 Å². The number of aliphatic hydroxyl groups is 1. The summed E-state index contributed by atoms with van der Waals surface area (Å²) in [6.45, 7) is 1.45. The number of aliphatic hydroxyl groups excluding tert-OH is 1. The van der Waals surface area contributed by atoms with Crippen molar-refractivity contribution < 1.29 is 9.52 Å². The lowest BCUT2D eigenvalue weighted by molar-refractivity contribution is 0.242. The summed E-state index contributed by atoms with van der Waals surface area (Å²) in [6, 6.07) is 5.75. The highest BCUT2D eigenvalue weighted by Gasteiger charge is 2.00. The lowest BCUT2D eigenvalue weighted by Crippen LogP contribution is -2.11. The van der Waals surface area contributed by atoms with Crippen molar-refractivity contribution in [3.8, 4) is 0 Å². The summed E-state index contributed by atoms with van der Waals surface area (Å²) in [5, 5.41) is 12.1. The molecule has 0 radical (unpaired) electrons. The quantitative estimate of drug-likeness (QED) is 0.800. The first-order valence-electron chi connectivity index (χ1n) is 5.28. The van der Waals surface area contributed by atoms with Gasteiger partial charge in [-0.25, -0.2) is 0 Å². The van der Waals surface area contributed by atoms with E-state index < -0.39 is 0 Å². The van der Waals surface area contributed by atoms with Crippen molar-refractivity contribution >= 4 is 0 Å². The Bertz CT molecular complexity index is 445. The second-order valence-corrected chi connectivity index (χ2v) is 3.81. The predicted molar refractivity (Wildman–Crippen MR) is 60.6 cm³/mol. The highest BCUT2D eigenvalue weighted by molar-refractivity contribution is 5.10. The Hall–Kier alpha value is -1.52. The smallest absolute Gasteiger partial charge is 0.129 e. The standard InChI is InChI=1S/C12H16N2O2/c1-14-5-4-10(8-14)6-13-7-11-2-3-12(9-15)16-11/h2-5,8,13,15H,6-7,9H2,1H3. The maximum atomic E-state index is 8.84. The van der Waals surface area contributed by atoms with Crippen LogP contribution in [0.15, 0.2) is 35.0 Å². The van der Waals surface area contributed by atoms with E-state index in [2.05, 4.69) is 17.6 Å². The highest BCUT2D eigenvalue weighted by atomic mass is 16.4. The number of nitrogens with one attached hydrogen (secondary N) is 1. The van der Waals surface area contributed by atoms with Crippen LogP contribution in [0.25, 0.3) is 0 Å². The SMILES string of the molecule is Cn1ccc(CNCc2ccc(CO)o2)c1. The molecule has 0 saturated carbocycles. The average Bonchev–Trinajstić information content (AvgIpc) is 2.88. The van der Waals surface area contributed by atoms with Crippen LogP contribution in [0, 0.1) is 0 Å². The van der Waals surface area contributed by atoms with Crippen LogP contribution >= 0.6 is 0 Å². The maximum absolute atomic E-state index is 8.84. The third-order valence-corrected chi connectivity index (χ3v) is 2.39. The fourth-order valence-electron chi connectivity index (χ4n) is 1.60. The van der Waals surface area contributed by atoms with Crippen LogP contribution < -0.4 is 5.32 Å². The Kier molecular flexibility index (Phi) is 3.44. The Labute approximate surface area is 94.5 Å². The minimum absolute atomic E-state index is 0.0430. The second kappa shape index (κ2) is 5.01. The molecular weight excluding hydrogens is 204 g/mol. The van der Waals surface area contributed by atoms with Gasteiger partial charge in [-0.1, -0.05) is 0 Å². The van der Waals surface area contributed by atoms with Gasteiger partial charge >= 0.3 is 0 Å². The summed E-state index contributed by atoms with van der Waals surface area (Å²) in [4.78, 5) is 0. The van der Waals surface area contributed by atoms with Gasteiger partial charge in [0.1, 0.15) is 18.1 Å². The van der Waals surface area contributed by atoms with Gasteiger partial charge in [0.25, 0.3) is 0 Å². The van der Waals surface area contributed by atoms with Gasteiger partial charge in [0.05, 0.1) is 6.54 Å². The van der Waals surface area contributed by atoms with E-state index in [1.54, 1.807) is 6.07 Å². The zero-order valence-electron chi connectivity index (χ0n) is 9.31. The zero-order valence-corrected chi connectivity index (χ0v) is 9.31. The molecular formula is C12H16N2O2. The van der Waals surface area contributed by atoms with E-state index in [0.717, 1.165) is 12.3 Å². The van der Waals surface area contributed by atoms with E-state index in [1.807, 2.05) is 23.9 Å². The first kappa shape index (κ1) is 11.0. The van der Waals surface area contributed by atoms with E-state index in [-0.39, 0.29) is 6.61 Å². The van der Waals surface area contributed by atoms with Gasteiger partial charge in [0, 0.05) is 26.0 Å². The molecule has 16 heavy (non-hydrogen) atoms. The molecule has 0 unspecified atom stereocenters. The van der Waals surface area contributed by atoms with Gasteiger partial charge in [0.15, 0.2) is 0 Å². The predicted octanol–water partition coefficient (Wildman–Crippen LogP) is 1.40. The fourth-order valence-corrected chi connectivity index (χ4v) is 1.60. The van der Waals surface area contributed by atoms with Gasteiger partial charge in [-0.3, -0.25) is 0 Å². The van der Waals surface area contributed by atoms with Crippen molar-refractivity contribution in [1.82, 2.24) is 9.88 Å². The summed E-state index contributed by atoms with van der Waals surface area (Å²) >= 11 is 0. The maximum Gasteiger partial charge on any atom is 0.129 e. The summed E-state index contributed by atoms with van der Waals surface area (Å²) in [5.41, 5.74) is 1.25. The molecule has 0 saturated heterocycles. The molecule has 0 atom stereocenters. The highest BCUT2D eigenvalue weighted by Crippen LogP contribution is 2.07. The Morgan fingerprint density at radius 2 is 2.06 bits per heavy atom. The molecule has 0 aliphatic rings. The van der Waals surface area contributed by atoms with E-state index in [1.165, 1.54) is 5.56 Å². The number of aryl methyl sites for hydroxylation is 1. The Morgan fingerprint density at radius 1 is 1.25 bits per heavy atom. The van der Waals surface area contributed by atoms with Crippen LogP contribution in [0.2, 0.25) is 0 Å². The number of aromatic nitrogens is 1. The van der Waals surface area contributed by atoms with Gasteiger partial charge in [-0.05, 0) is 23.8 Å². The topological polar surface area (TPSA) is 50.3 Å². The molecule has 2 aromatic heterocycles. The van der Waals surface area contributed by atoms with Crippen LogP contribution in [0.5, 0.6) is 0 Å². The first-order valence-corrected chi connectivity index (χ1v) is 5.28. The molecule has 2 rings (SSSR count). The van der Waals surface area contributed by atoms with E-state index >= 15 is 0 Å². The number of hydrogen-bond donors (Lipinski definition) is 2. The normalized spacial score (nSPS) is 10.9. The summed E-state index contributed by atoms with van der Waals surface area (Å²) in [5.74, 6) is 1.46. The summed E-state index contributed by atoms with van der Waals surface area (Å²) in [6.07, 6.45) is 4.10. The number of hydrogen-bond acceptors (Lipinski definition) is 3. The molecule has 2 aromatic rings. The van der Waals surface area contributed by atoms with Crippen LogP contribution in [0.1, 0.15) is 17.1 Å².